The molecule has 1 N–H and O–H groups in total. The zero-order chi connectivity index (χ0) is 13.5. The van der Waals surface area contributed by atoms with Crippen LogP contribution in [0.4, 0.5) is 0 Å². The van der Waals surface area contributed by atoms with Crippen molar-refractivity contribution in [1.82, 2.24) is 10.2 Å². The normalized spacial score (nSPS) is 21.7. The Kier molecular flexibility index (Phi) is 5.83. The van der Waals surface area contributed by atoms with Crippen LogP contribution in [-0.2, 0) is 11.3 Å². The van der Waals surface area contributed by atoms with Crippen LogP contribution in [-0.4, -0.2) is 43.8 Å². The topological polar surface area (TPSA) is 24.5 Å². The minimum atomic E-state index is 0.353. The molecule has 0 aromatic heterocycles. The van der Waals surface area contributed by atoms with Crippen molar-refractivity contribution in [2.24, 2.45) is 0 Å². The minimum absolute atomic E-state index is 0.353. The number of hydrogen-bond donors (Lipinski definition) is 1. The first kappa shape index (κ1) is 14.5. The Morgan fingerprint density at radius 2 is 2.16 bits per heavy atom. The predicted molar refractivity (Wildman–Crippen MR) is 79.2 cm³/mol. The van der Waals surface area contributed by atoms with Gasteiger partial charge in [-0.05, 0) is 25.5 Å². The molecular weight excluding hydrogens is 236 g/mol. The Bertz CT molecular complexity index is 355. The van der Waals surface area contributed by atoms with E-state index in [1.165, 1.54) is 5.56 Å². The molecule has 0 radical (unpaired) electrons. The zero-order valence-electron chi connectivity index (χ0n) is 12.1. The van der Waals surface area contributed by atoms with Gasteiger partial charge in [-0.2, -0.15) is 0 Å². The first-order valence-electron chi connectivity index (χ1n) is 7.38. The number of rotatable bonds is 7. The molecule has 1 aliphatic rings. The molecule has 0 spiro atoms. The van der Waals surface area contributed by atoms with Gasteiger partial charge >= 0.3 is 0 Å². The number of benzene rings is 1. The fourth-order valence-corrected chi connectivity index (χ4v) is 2.68. The largest absolute Gasteiger partial charge is 0.372 e. The van der Waals surface area contributed by atoms with E-state index in [0.717, 1.165) is 39.0 Å². The third-order valence-electron chi connectivity index (χ3n) is 3.75. The summed E-state index contributed by atoms with van der Waals surface area (Å²) in [4.78, 5) is 2.49. The number of hydrogen-bond acceptors (Lipinski definition) is 3. The maximum Gasteiger partial charge on any atom is 0.0718 e. The van der Waals surface area contributed by atoms with E-state index in [-0.39, 0.29) is 0 Å². The maximum atomic E-state index is 6.16. The molecule has 1 aliphatic heterocycles. The number of nitrogens with zero attached hydrogens (tertiary/aromatic N) is 1. The maximum absolute atomic E-state index is 6.16. The molecule has 0 amide bonds. The lowest BCUT2D eigenvalue weighted by Crippen LogP contribution is -2.32. The van der Waals surface area contributed by atoms with Crippen LogP contribution in [0.15, 0.2) is 30.3 Å². The molecule has 3 nitrogen and oxygen atoms in total. The summed E-state index contributed by atoms with van der Waals surface area (Å²) in [7, 11) is 1.99. The van der Waals surface area contributed by atoms with E-state index >= 15 is 0 Å². The third kappa shape index (κ3) is 4.60. The molecule has 1 aromatic rings. The van der Waals surface area contributed by atoms with E-state index in [0.29, 0.717) is 12.2 Å². The molecule has 0 aliphatic carbocycles. The standard InChI is InChI=1S/C16H26N2O/c1-3-15(11-17-2)19-16-9-10-18(13-16)12-14-7-5-4-6-8-14/h4-8,15-17H,3,9-13H2,1-2H3. The smallest absolute Gasteiger partial charge is 0.0718 e. The summed E-state index contributed by atoms with van der Waals surface area (Å²) in [6.07, 6.45) is 3.00. The van der Waals surface area contributed by atoms with Crippen LogP contribution in [0.5, 0.6) is 0 Å². The van der Waals surface area contributed by atoms with Gasteiger partial charge in [-0.3, -0.25) is 4.90 Å². The van der Waals surface area contributed by atoms with Gasteiger partial charge in [0, 0.05) is 26.2 Å². The average Bonchev–Trinajstić information content (AvgIpc) is 2.86. The molecule has 0 bridgehead atoms. The van der Waals surface area contributed by atoms with Crippen molar-refractivity contribution in [2.75, 3.05) is 26.7 Å². The van der Waals surface area contributed by atoms with Gasteiger partial charge < -0.3 is 10.1 Å². The van der Waals surface area contributed by atoms with Crippen molar-refractivity contribution in [1.29, 1.82) is 0 Å². The summed E-state index contributed by atoms with van der Waals surface area (Å²) in [6.45, 7) is 6.40. The van der Waals surface area contributed by atoms with E-state index in [9.17, 15) is 0 Å². The Morgan fingerprint density at radius 3 is 2.84 bits per heavy atom. The van der Waals surface area contributed by atoms with E-state index in [1.807, 2.05) is 7.05 Å². The number of likely N-dealkylation sites (tertiary alicyclic amines) is 1. The van der Waals surface area contributed by atoms with Crippen molar-refractivity contribution in [3.63, 3.8) is 0 Å². The van der Waals surface area contributed by atoms with Crippen molar-refractivity contribution >= 4 is 0 Å². The van der Waals surface area contributed by atoms with Crippen LogP contribution < -0.4 is 5.32 Å². The van der Waals surface area contributed by atoms with Crippen LogP contribution in [0.1, 0.15) is 25.3 Å². The Hall–Kier alpha value is -0.900. The highest BCUT2D eigenvalue weighted by Crippen LogP contribution is 2.17. The highest BCUT2D eigenvalue weighted by atomic mass is 16.5. The molecule has 1 heterocycles. The molecule has 19 heavy (non-hydrogen) atoms. The lowest BCUT2D eigenvalue weighted by molar-refractivity contribution is -0.00659. The molecule has 106 valence electrons. The quantitative estimate of drug-likeness (QED) is 0.816. The van der Waals surface area contributed by atoms with Gasteiger partial charge in [-0.25, -0.2) is 0 Å². The van der Waals surface area contributed by atoms with E-state index < -0.39 is 0 Å². The lowest BCUT2D eigenvalue weighted by atomic mass is 10.2. The summed E-state index contributed by atoms with van der Waals surface area (Å²) in [5.74, 6) is 0. The van der Waals surface area contributed by atoms with Crippen molar-refractivity contribution in [2.45, 2.75) is 38.5 Å². The van der Waals surface area contributed by atoms with Crippen LogP contribution in [0, 0.1) is 0 Å². The van der Waals surface area contributed by atoms with Gasteiger partial charge in [0.2, 0.25) is 0 Å². The molecule has 3 heteroatoms. The molecule has 2 atom stereocenters. The van der Waals surface area contributed by atoms with Gasteiger partial charge in [0.15, 0.2) is 0 Å². The highest BCUT2D eigenvalue weighted by molar-refractivity contribution is 5.14. The van der Waals surface area contributed by atoms with Gasteiger partial charge in [0.1, 0.15) is 0 Å². The van der Waals surface area contributed by atoms with E-state index in [2.05, 4.69) is 47.5 Å². The predicted octanol–water partition coefficient (Wildman–Crippen LogP) is 2.28. The molecule has 0 saturated carbocycles. The fraction of sp³-hybridized carbons (Fsp3) is 0.625. The summed E-state index contributed by atoms with van der Waals surface area (Å²) in [5.41, 5.74) is 1.39. The number of nitrogens with one attached hydrogen (secondary N) is 1. The second-order valence-corrected chi connectivity index (χ2v) is 5.36. The first-order valence-corrected chi connectivity index (χ1v) is 7.38. The SMILES string of the molecule is CCC(CNC)OC1CCN(Cc2ccccc2)C1. The second-order valence-electron chi connectivity index (χ2n) is 5.36. The Morgan fingerprint density at radius 1 is 1.37 bits per heavy atom. The molecule has 2 unspecified atom stereocenters. The van der Waals surface area contributed by atoms with Gasteiger partial charge in [-0.1, -0.05) is 37.3 Å². The second kappa shape index (κ2) is 7.63. The van der Waals surface area contributed by atoms with Crippen LogP contribution in [0.3, 0.4) is 0 Å². The van der Waals surface area contributed by atoms with Crippen molar-refractivity contribution in [3.05, 3.63) is 35.9 Å². The molecule has 2 rings (SSSR count). The van der Waals surface area contributed by atoms with E-state index in [4.69, 9.17) is 4.74 Å². The third-order valence-corrected chi connectivity index (χ3v) is 3.75. The lowest BCUT2D eigenvalue weighted by Gasteiger charge is -2.21. The zero-order valence-corrected chi connectivity index (χ0v) is 12.1. The monoisotopic (exact) mass is 262 g/mol. The first-order chi connectivity index (χ1) is 9.31. The van der Waals surface area contributed by atoms with Crippen molar-refractivity contribution < 1.29 is 4.74 Å². The highest BCUT2D eigenvalue weighted by Gasteiger charge is 2.25. The Balaban J connectivity index is 1.76. The average molecular weight is 262 g/mol. The van der Waals surface area contributed by atoms with Crippen LogP contribution in [0.2, 0.25) is 0 Å². The van der Waals surface area contributed by atoms with Gasteiger partial charge in [0.05, 0.1) is 12.2 Å². The fourth-order valence-electron chi connectivity index (χ4n) is 2.68. The van der Waals surface area contributed by atoms with Crippen LogP contribution >= 0.6 is 0 Å². The Labute approximate surface area is 116 Å². The molecular formula is C16H26N2O. The summed E-state index contributed by atoms with van der Waals surface area (Å²) < 4.78 is 6.16. The van der Waals surface area contributed by atoms with E-state index in [1.54, 1.807) is 0 Å². The number of likely N-dealkylation sites (N-methyl/N-ethyl adjacent to an activating group) is 1. The molecule has 1 aromatic carbocycles. The molecule has 1 fully saturated rings. The summed E-state index contributed by atoms with van der Waals surface area (Å²) in [6, 6.07) is 10.7. The van der Waals surface area contributed by atoms with Gasteiger partial charge in [0.25, 0.3) is 0 Å². The number of ether oxygens (including phenoxy) is 1. The minimum Gasteiger partial charge on any atom is -0.372 e. The van der Waals surface area contributed by atoms with Crippen LogP contribution in [0.25, 0.3) is 0 Å². The molecule has 1 saturated heterocycles. The van der Waals surface area contributed by atoms with Crippen molar-refractivity contribution in [3.8, 4) is 0 Å². The van der Waals surface area contributed by atoms with Gasteiger partial charge in [-0.15, -0.1) is 0 Å². The summed E-state index contributed by atoms with van der Waals surface area (Å²) >= 11 is 0. The summed E-state index contributed by atoms with van der Waals surface area (Å²) in [5, 5.41) is 3.21.